The first kappa shape index (κ1) is 21.9. The fourth-order valence-electron chi connectivity index (χ4n) is 3.07. The van der Waals surface area contributed by atoms with Crippen molar-refractivity contribution in [2.45, 2.75) is 52.9 Å². The summed E-state index contributed by atoms with van der Waals surface area (Å²) in [6.45, 7) is 9.82. The van der Waals surface area contributed by atoms with Gasteiger partial charge in [-0.15, -0.1) is 0 Å². The molecule has 5 nitrogen and oxygen atoms in total. The van der Waals surface area contributed by atoms with Crippen molar-refractivity contribution in [2.75, 3.05) is 13.7 Å². The van der Waals surface area contributed by atoms with Gasteiger partial charge in [0, 0.05) is 12.3 Å². The lowest BCUT2D eigenvalue weighted by Gasteiger charge is -2.33. The quantitative estimate of drug-likeness (QED) is 0.459. The highest BCUT2D eigenvalue weighted by Crippen LogP contribution is 2.37. The molecule has 0 unspecified atom stereocenters. The average Bonchev–Trinajstić information content (AvgIpc) is 2.56. The zero-order valence-electron chi connectivity index (χ0n) is 16.3. The molecule has 26 heavy (non-hydrogen) atoms. The van der Waals surface area contributed by atoms with Gasteiger partial charge < -0.3 is 14.3 Å². The van der Waals surface area contributed by atoms with E-state index in [2.05, 4.69) is 12.7 Å². The van der Waals surface area contributed by atoms with Crippen molar-refractivity contribution < 1.29 is 23.9 Å². The summed E-state index contributed by atoms with van der Waals surface area (Å²) >= 11 is 0. The number of ketones is 1. The third kappa shape index (κ3) is 6.98. The molecule has 0 aromatic carbocycles. The van der Waals surface area contributed by atoms with Gasteiger partial charge in [0.25, 0.3) is 0 Å². The first-order valence-corrected chi connectivity index (χ1v) is 8.99. The molecule has 1 rings (SSSR count). The van der Waals surface area contributed by atoms with E-state index in [1.165, 1.54) is 12.7 Å². The Labute approximate surface area is 156 Å². The number of hydrogen-bond donors (Lipinski definition) is 0. The Bertz CT molecular complexity index is 608. The summed E-state index contributed by atoms with van der Waals surface area (Å²) in [7, 11) is 1.34. The van der Waals surface area contributed by atoms with E-state index in [4.69, 9.17) is 9.47 Å². The van der Waals surface area contributed by atoms with Gasteiger partial charge in [0.1, 0.15) is 12.4 Å². The molecule has 0 aromatic heterocycles. The lowest BCUT2D eigenvalue weighted by atomic mass is 9.76. The number of carbonyl (C=O) groups excluding carboxylic acids is 3. The molecule has 5 heteroatoms. The van der Waals surface area contributed by atoms with Gasteiger partial charge in [0.15, 0.2) is 0 Å². The van der Waals surface area contributed by atoms with Gasteiger partial charge in [-0.1, -0.05) is 29.9 Å². The molecule has 0 aromatic rings. The van der Waals surface area contributed by atoms with Crippen LogP contribution >= 0.6 is 0 Å². The summed E-state index contributed by atoms with van der Waals surface area (Å²) in [5, 5.41) is 0. The fraction of sp³-hybridized carbons (Fsp3) is 0.571. The van der Waals surface area contributed by atoms with Crippen LogP contribution in [0, 0.1) is 11.8 Å². The fourth-order valence-corrected chi connectivity index (χ4v) is 3.07. The molecule has 2 atom stereocenters. The van der Waals surface area contributed by atoms with Crippen LogP contribution in [-0.2, 0) is 23.9 Å². The second kappa shape index (κ2) is 10.7. The van der Waals surface area contributed by atoms with E-state index < -0.39 is 5.92 Å². The molecular formula is C21H30O5. The largest absolute Gasteiger partial charge is 0.469 e. The third-order valence-corrected chi connectivity index (χ3v) is 4.50. The molecule has 0 amide bonds. The Hall–Kier alpha value is -2.17. The standard InChI is InChI=1S/C21H30O5/c1-14(2)8-6-11-17-13-26-21(24)20(18(17)12-19(23)25-5)15(3)9-7-10-16(4)22/h8,11,18,20H,3,6-7,9-10,12-13H2,1-2,4-5H3/b17-11+/t18-,20-/m0/s1. The van der Waals surface area contributed by atoms with Gasteiger partial charge >= 0.3 is 11.9 Å². The molecular weight excluding hydrogens is 332 g/mol. The predicted octanol–water partition coefficient (Wildman–Crippen LogP) is 3.94. The van der Waals surface area contributed by atoms with Crippen molar-refractivity contribution in [3.63, 3.8) is 0 Å². The van der Waals surface area contributed by atoms with Gasteiger partial charge in [-0.3, -0.25) is 9.59 Å². The molecule has 0 N–H and O–H groups in total. The van der Waals surface area contributed by atoms with Crippen molar-refractivity contribution >= 4 is 17.7 Å². The molecule has 0 spiro atoms. The minimum atomic E-state index is -0.576. The topological polar surface area (TPSA) is 69.7 Å². The summed E-state index contributed by atoms with van der Waals surface area (Å²) in [5.41, 5.74) is 2.83. The Balaban J connectivity index is 3.01. The predicted molar refractivity (Wildman–Crippen MR) is 100 cm³/mol. The summed E-state index contributed by atoms with van der Waals surface area (Å²) < 4.78 is 10.2. The summed E-state index contributed by atoms with van der Waals surface area (Å²) in [6.07, 6.45) is 6.57. The van der Waals surface area contributed by atoms with E-state index in [1.807, 2.05) is 19.9 Å². The van der Waals surface area contributed by atoms with E-state index in [0.29, 0.717) is 24.8 Å². The molecule has 0 aliphatic carbocycles. The summed E-state index contributed by atoms with van der Waals surface area (Å²) in [6, 6.07) is 0. The van der Waals surface area contributed by atoms with Crippen LogP contribution in [-0.4, -0.2) is 31.4 Å². The zero-order chi connectivity index (χ0) is 19.7. The van der Waals surface area contributed by atoms with Crippen LogP contribution < -0.4 is 0 Å². The highest BCUT2D eigenvalue weighted by molar-refractivity contribution is 5.80. The zero-order valence-corrected chi connectivity index (χ0v) is 16.3. The Kier molecular flexibility index (Phi) is 9.03. The molecule has 0 bridgehead atoms. The van der Waals surface area contributed by atoms with Crippen molar-refractivity contribution in [2.24, 2.45) is 11.8 Å². The molecule has 0 radical (unpaired) electrons. The van der Waals surface area contributed by atoms with Crippen LogP contribution in [0.1, 0.15) is 52.9 Å². The Morgan fingerprint density at radius 3 is 2.54 bits per heavy atom. The average molecular weight is 362 g/mol. The summed E-state index contributed by atoms with van der Waals surface area (Å²) in [4.78, 5) is 35.4. The molecule has 0 saturated carbocycles. The van der Waals surface area contributed by atoms with Crippen LogP contribution in [0.25, 0.3) is 0 Å². The maximum absolute atomic E-state index is 12.4. The second-order valence-corrected chi connectivity index (χ2v) is 6.98. The molecule has 144 valence electrons. The van der Waals surface area contributed by atoms with E-state index in [0.717, 1.165) is 12.0 Å². The van der Waals surface area contributed by atoms with E-state index in [1.54, 1.807) is 6.92 Å². The number of esters is 2. The van der Waals surface area contributed by atoms with Gasteiger partial charge in [0.05, 0.1) is 19.4 Å². The minimum Gasteiger partial charge on any atom is -0.469 e. The monoisotopic (exact) mass is 362 g/mol. The number of allylic oxidation sites excluding steroid dienone is 3. The lowest BCUT2D eigenvalue weighted by molar-refractivity contribution is -0.152. The highest BCUT2D eigenvalue weighted by Gasteiger charge is 2.39. The number of methoxy groups -OCH3 is 1. The number of rotatable bonds is 9. The first-order valence-electron chi connectivity index (χ1n) is 8.99. The normalized spacial score (nSPS) is 21.1. The van der Waals surface area contributed by atoms with Crippen LogP contribution in [0.4, 0.5) is 0 Å². The van der Waals surface area contributed by atoms with Crippen molar-refractivity contribution in [1.29, 1.82) is 0 Å². The van der Waals surface area contributed by atoms with Crippen LogP contribution in [0.3, 0.4) is 0 Å². The highest BCUT2D eigenvalue weighted by atomic mass is 16.5. The van der Waals surface area contributed by atoms with Crippen LogP contribution in [0.5, 0.6) is 0 Å². The molecule has 1 saturated heterocycles. The van der Waals surface area contributed by atoms with Gasteiger partial charge in [-0.2, -0.15) is 0 Å². The van der Waals surface area contributed by atoms with E-state index in [9.17, 15) is 14.4 Å². The number of ether oxygens (including phenoxy) is 2. The van der Waals surface area contributed by atoms with Gasteiger partial charge in [0.2, 0.25) is 0 Å². The number of carbonyl (C=O) groups is 3. The van der Waals surface area contributed by atoms with E-state index >= 15 is 0 Å². The van der Waals surface area contributed by atoms with Crippen molar-refractivity contribution in [3.05, 3.63) is 35.5 Å². The SMILES string of the molecule is C=C(CCCC(C)=O)[C@@H]1C(=O)OC/C(=C\CC=C(C)C)[C@@H]1CC(=O)OC. The van der Waals surface area contributed by atoms with Crippen LogP contribution in [0.15, 0.2) is 35.5 Å². The Morgan fingerprint density at radius 2 is 1.96 bits per heavy atom. The molecule has 1 heterocycles. The molecule has 1 fully saturated rings. The third-order valence-electron chi connectivity index (χ3n) is 4.50. The lowest BCUT2D eigenvalue weighted by Crippen LogP contribution is -2.37. The number of hydrogen-bond acceptors (Lipinski definition) is 5. The van der Waals surface area contributed by atoms with Gasteiger partial charge in [-0.05, 0) is 45.6 Å². The maximum Gasteiger partial charge on any atom is 0.314 e. The maximum atomic E-state index is 12.4. The van der Waals surface area contributed by atoms with Crippen LogP contribution in [0.2, 0.25) is 0 Å². The van der Waals surface area contributed by atoms with E-state index in [-0.39, 0.29) is 36.7 Å². The smallest absolute Gasteiger partial charge is 0.314 e. The number of cyclic esters (lactones) is 1. The first-order chi connectivity index (χ1) is 12.3. The van der Waals surface area contributed by atoms with Crippen molar-refractivity contribution in [1.82, 2.24) is 0 Å². The van der Waals surface area contributed by atoms with Gasteiger partial charge in [-0.25, -0.2) is 0 Å². The summed E-state index contributed by atoms with van der Waals surface area (Å²) in [5.74, 6) is -1.49. The Morgan fingerprint density at radius 1 is 1.27 bits per heavy atom. The number of Topliss-reactive ketones (excluding diaryl/α,β-unsaturated/α-hetero) is 1. The molecule has 1 aliphatic heterocycles. The van der Waals surface area contributed by atoms with Crippen molar-refractivity contribution in [3.8, 4) is 0 Å². The molecule has 1 aliphatic rings. The minimum absolute atomic E-state index is 0.109. The second-order valence-electron chi connectivity index (χ2n) is 6.98.